The average molecular weight is 322 g/mol. The minimum Gasteiger partial charge on any atom is -0.307 e. The third kappa shape index (κ3) is 4.97. The van der Waals surface area contributed by atoms with E-state index in [0.29, 0.717) is 11.5 Å². The van der Waals surface area contributed by atoms with E-state index < -0.39 is 0 Å². The highest BCUT2D eigenvalue weighted by Crippen LogP contribution is 2.55. The Labute approximate surface area is 146 Å². The van der Waals surface area contributed by atoms with Gasteiger partial charge in [0.25, 0.3) is 0 Å². The smallest absolute Gasteiger partial charge is 0.00660 e. The maximum atomic E-state index is 2.63. The molecule has 6 unspecified atom stereocenters. The van der Waals surface area contributed by atoms with Crippen molar-refractivity contribution in [1.82, 2.24) is 4.90 Å². The molecule has 2 aliphatic carbocycles. The fourth-order valence-corrected chi connectivity index (χ4v) is 5.65. The Balaban J connectivity index is 2.18. The second-order valence-corrected chi connectivity index (χ2v) is 9.80. The Hall–Kier alpha value is -0.0400. The molecule has 2 fully saturated rings. The fourth-order valence-electron chi connectivity index (χ4n) is 5.65. The summed E-state index contributed by atoms with van der Waals surface area (Å²) in [4.78, 5) is 2.43. The zero-order valence-electron chi connectivity index (χ0n) is 17.1. The van der Waals surface area contributed by atoms with E-state index in [4.69, 9.17) is 0 Å². The van der Waals surface area contributed by atoms with Gasteiger partial charge in [-0.3, -0.25) is 0 Å². The Bertz CT molecular complexity index is 359. The summed E-state index contributed by atoms with van der Waals surface area (Å²) in [6, 6.07) is 0.703. The van der Waals surface area contributed by atoms with Gasteiger partial charge in [0.05, 0.1) is 0 Å². The van der Waals surface area contributed by atoms with E-state index in [9.17, 15) is 0 Å². The molecular weight excluding hydrogens is 278 g/mol. The van der Waals surface area contributed by atoms with Crippen molar-refractivity contribution in [3.05, 3.63) is 0 Å². The lowest BCUT2D eigenvalue weighted by Crippen LogP contribution is -2.37. The van der Waals surface area contributed by atoms with Crippen molar-refractivity contribution in [2.45, 2.75) is 92.0 Å². The van der Waals surface area contributed by atoms with Crippen molar-refractivity contribution < 1.29 is 0 Å². The molecule has 2 aliphatic rings. The molecule has 1 heteroatoms. The summed E-state index contributed by atoms with van der Waals surface area (Å²) in [7, 11) is 4.51. The van der Waals surface area contributed by atoms with Crippen molar-refractivity contribution in [2.24, 2.45) is 35.0 Å². The minimum absolute atomic E-state index is 0.547. The Kier molecular flexibility index (Phi) is 6.62. The van der Waals surface area contributed by atoms with Gasteiger partial charge in [0.2, 0.25) is 0 Å². The summed E-state index contributed by atoms with van der Waals surface area (Å²) in [5, 5.41) is 0. The van der Waals surface area contributed by atoms with Gasteiger partial charge in [-0.2, -0.15) is 0 Å². The van der Waals surface area contributed by atoms with Gasteiger partial charge in [-0.05, 0) is 88.1 Å². The van der Waals surface area contributed by atoms with E-state index in [2.05, 4.69) is 53.6 Å². The second kappa shape index (κ2) is 7.89. The molecule has 0 aromatic heterocycles. The summed E-state index contributed by atoms with van der Waals surface area (Å²) in [6.07, 6.45) is 11.6. The normalized spacial score (nSPS) is 43.0. The van der Waals surface area contributed by atoms with Crippen LogP contribution in [0.3, 0.4) is 0 Å². The molecule has 7 atom stereocenters. The van der Waals surface area contributed by atoms with E-state index in [-0.39, 0.29) is 0 Å². The first kappa shape index (κ1) is 19.3. The first-order valence-corrected chi connectivity index (χ1v) is 10.5. The van der Waals surface area contributed by atoms with Crippen molar-refractivity contribution in [3.8, 4) is 0 Å². The summed E-state index contributed by atoms with van der Waals surface area (Å²) in [5.74, 6) is 5.01. The topological polar surface area (TPSA) is 3.24 Å². The predicted octanol–water partition coefficient (Wildman–Crippen LogP) is 6.23. The minimum atomic E-state index is 0.547. The Morgan fingerprint density at radius 1 is 1.04 bits per heavy atom. The van der Waals surface area contributed by atoms with Gasteiger partial charge in [-0.15, -0.1) is 0 Å². The first-order valence-electron chi connectivity index (χ1n) is 10.5. The van der Waals surface area contributed by atoms with Crippen LogP contribution < -0.4 is 0 Å². The zero-order valence-corrected chi connectivity index (χ0v) is 17.1. The van der Waals surface area contributed by atoms with Gasteiger partial charge in [-0.1, -0.05) is 47.0 Å². The SMILES string of the molecule is CCC1CCC(CC)C(C2C[C@H]2C)CC(C)(CC(C)N(C)C)C1. The van der Waals surface area contributed by atoms with E-state index in [1.807, 2.05) is 0 Å². The summed E-state index contributed by atoms with van der Waals surface area (Å²) in [5.41, 5.74) is 0.547. The lowest BCUT2D eigenvalue weighted by Gasteiger charge is -2.44. The van der Waals surface area contributed by atoms with Gasteiger partial charge in [-0.25, -0.2) is 0 Å². The molecule has 0 N–H and O–H groups in total. The van der Waals surface area contributed by atoms with Crippen molar-refractivity contribution in [2.75, 3.05) is 14.1 Å². The molecule has 0 aromatic carbocycles. The van der Waals surface area contributed by atoms with E-state index in [1.165, 1.54) is 51.4 Å². The largest absolute Gasteiger partial charge is 0.307 e. The molecule has 0 spiro atoms. The van der Waals surface area contributed by atoms with Gasteiger partial charge >= 0.3 is 0 Å². The molecular formula is C22H43N. The predicted molar refractivity (Wildman–Crippen MR) is 103 cm³/mol. The van der Waals surface area contributed by atoms with E-state index in [0.717, 1.165) is 29.6 Å². The van der Waals surface area contributed by atoms with Crippen LogP contribution in [-0.2, 0) is 0 Å². The summed E-state index contributed by atoms with van der Waals surface area (Å²) < 4.78 is 0. The highest BCUT2D eigenvalue weighted by Gasteiger charge is 2.46. The molecule has 0 saturated heterocycles. The third-order valence-corrected chi connectivity index (χ3v) is 7.55. The molecule has 0 amide bonds. The summed E-state index contributed by atoms with van der Waals surface area (Å²) >= 11 is 0. The summed E-state index contributed by atoms with van der Waals surface area (Å²) in [6.45, 7) is 12.4. The molecule has 2 rings (SSSR count). The van der Waals surface area contributed by atoms with Gasteiger partial charge < -0.3 is 4.90 Å². The van der Waals surface area contributed by atoms with Crippen molar-refractivity contribution in [3.63, 3.8) is 0 Å². The monoisotopic (exact) mass is 321 g/mol. The second-order valence-electron chi connectivity index (χ2n) is 9.80. The maximum Gasteiger partial charge on any atom is 0.00660 e. The standard InChI is InChI=1S/C22H43N/c1-8-18-10-11-19(9-2)21(20-12-16(20)3)15-22(5,14-18)13-17(4)23(6)7/h16-21H,8-15H2,1-7H3/t16-,17?,18?,19?,20?,21?,22?/m1/s1. The van der Waals surface area contributed by atoms with Crippen LogP contribution in [0.5, 0.6) is 0 Å². The molecule has 23 heavy (non-hydrogen) atoms. The van der Waals surface area contributed by atoms with Crippen LogP contribution in [0.2, 0.25) is 0 Å². The van der Waals surface area contributed by atoms with Crippen LogP contribution in [0, 0.1) is 35.0 Å². The molecule has 0 aromatic rings. The first-order chi connectivity index (χ1) is 10.8. The molecule has 136 valence electrons. The molecule has 0 bridgehead atoms. The van der Waals surface area contributed by atoms with Crippen LogP contribution in [0.25, 0.3) is 0 Å². The number of rotatable bonds is 6. The van der Waals surface area contributed by atoms with E-state index >= 15 is 0 Å². The van der Waals surface area contributed by atoms with E-state index in [1.54, 1.807) is 0 Å². The maximum absolute atomic E-state index is 2.63. The van der Waals surface area contributed by atoms with Crippen LogP contribution in [0.4, 0.5) is 0 Å². The Morgan fingerprint density at radius 3 is 2.17 bits per heavy atom. The van der Waals surface area contributed by atoms with Crippen molar-refractivity contribution >= 4 is 0 Å². The van der Waals surface area contributed by atoms with Crippen LogP contribution in [0.1, 0.15) is 86.0 Å². The average Bonchev–Trinajstić information content (AvgIpc) is 3.19. The van der Waals surface area contributed by atoms with Crippen LogP contribution in [0.15, 0.2) is 0 Å². The van der Waals surface area contributed by atoms with Crippen LogP contribution in [-0.4, -0.2) is 25.0 Å². The highest BCUT2D eigenvalue weighted by atomic mass is 15.1. The number of nitrogens with zero attached hydrogens (tertiary/aromatic N) is 1. The van der Waals surface area contributed by atoms with Gasteiger partial charge in [0.15, 0.2) is 0 Å². The molecule has 1 nitrogen and oxygen atoms in total. The Morgan fingerprint density at radius 2 is 1.70 bits per heavy atom. The fraction of sp³-hybridized carbons (Fsp3) is 1.00. The molecule has 0 aliphatic heterocycles. The molecule has 0 radical (unpaired) electrons. The zero-order chi connectivity index (χ0) is 17.2. The number of hydrogen-bond acceptors (Lipinski definition) is 1. The van der Waals surface area contributed by atoms with Gasteiger partial charge in [0.1, 0.15) is 0 Å². The van der Waals surface area contributed by atoms with Crippen LogP contribution >= 0.6 is 0 Å². The lowest BCUT2D eigenvalue weighted by atomic mass is 9.63. The molecule has 0 heterocycles. The van der Waals surface area contributed by atoms with Gasteiger partial charge in [0, 0.05) is 6.04 Å². The molecule has 2 saturated carbocycles. The highest BCUT2D eigenvalue weighted by molar-refractivity contribution is 4.96. The quantitative estimate of drug-likeness (QED) is 0.560. The van der Waals surface area contributed by atoms with Crippen molar-refractivity contribution in [1.29, 1.82) is 0 Å². The lowest BCUT2D eigenvalue weighted by molar-refractivity contribution is 0.0669. The third-order valence-electron chi connectivity index (χ3n) is 7.55. The number of hydrogen-bond donors (Lipinski definition) is 0.